The number of likely N-dealkylation sites (tertiary alicyclic amines) is 1. The van der Waals surface area contributed by atoms with E-state index in [1.165, 1.54) is 24.3 Å². The van der Waals surface area contributed by atoms with E-state index in [0.29, 0.717) is 16.3 Å². The van der Waals surface area contributed by atoms with Crippen molar-refractivity contribution in [3.63, 3.8) is 0 Å². The highest BCUT2D eigenvalue weighted by Crippen LogP contribution is 2.41. The van der Waals surface area contributed by atoms with E-state index >= 15 is 0 Å². The van der Waals surface area contributed by atoms with Crippen LogP contribution in [0.25, 0.3) is 0 Å². The van der Waals surface area contributed by atoms with E-state index in [4.69, 9.17) is 16.7 Å². The fourth-order valence-corrected chi connectivity index (χ4v) is 2.81. The second-order valence-electron chi connectivity index (χ2n) is 6.05. The van der Waals surface area contributed by atoms with Crippen LogP contribution in [-0.4, -0.2) is 35.1 Å². The van der Waals surface area contributed by atoms with Crippen molar-refractivity contribution in [2.24, 2.45) is 5.92 Å². The average molecular weight is 381 g/mol. The molecule has 0 spiro atoms. The number of carboxylic acid groups (broad SMARTS) is 1. The number of benzene rings is 2. The van der Waals surface area contributed by atoms with Gasteiger partial charge in [-0.05, 0) is 36.4 Å². The summed E-state index contributed by atoms with van der Waals surface area (Å²) in [5.41, 5.74) is 0.564. The van der Waals surface area contributed by atoms with Gasteiger partial charge in [0.15, 0.2) is 0 Å². The van der Waals surface area contributed by atoms with Gasteiger partial charge in [-0.3, -0.25) is 4.79 Å². The molecular formula is C18H15ClF2N2O3. The first kappa shape index (κ1) is 18.1. The Hall–Kier alpha value is -2.67. The van der Waals surface area contributed by atoms with E-state index in [9.17, 15) is 18.4 Å². The van der Waals surface area contributed by atoms with Gasteiger partial charge in [0.25, 0.3) is 11.8 Å². The number of carbonyl (C=O) groups excluding carboxylic acids is 1. The van der Waals surface area contributed by atoms with Gasteiger partial charge in [0.1, 0.15) is 0 Å². The van der Waals surface area contributed by atoms with Crippen LogP contribution in [0.2, 0.25) is 5.02 Å². The molecule has 0 aromatic heterocycles. The average Bonchev–Trinajstić information content (AvgIpc) is 2.53. The Morgan fingerprint density at radius 3 is 2.19 bits per heavy atom. The summed E-state index contributed by atoms with van der Waals surface area (Å²) in [6.45, 7) is -0.394. The molecule has 5 nitrogen and oxygen atoms in total. The number of anilines is 1. The van der Waals surface area contributed by atoms with E-state index in [2.05, 4.69) is 5.32 Å². The van der Waals surface area contributed by atoms with Crippen molar-refractivity contribution in [2.45, 2.75) is 5.92 Å². The number of nitrogens with zero attached hydrogens (tertiary/aromatic N) is 1. The van der Waals surface area contributed by atoms with Gasteiger partial charge in [0, 0.05) is 34.9 Å². The minimum absolute atomic E-state index is 0.197. The number of hydrogen-bond acceptors (Lipinski definition) is 2. The molecule has 1 saturated heterocycles. The topological polar surface area (TPSA) is 69.6 Å². The Labute approximate surface area is 153 Å². The third-order valence-corrected chi connectivity index (χ3v) is 4.55. The van der Waals surface area contributed by atoms with Gasteiger partial charge < -0.3 is 15.3 Å². The lowest BCUT2D eigenvalue weighted by molar-refractivity contribution is -0.115. The fraction of sp³-hybridized carbons (Fsp3) is 0.222. The van der Waals surface area contributed by atoms with Crippen molar-refractivity contribution in [1.82, 2.24) is 4.90 Å². The summed E-state index contributed by atoms with van der Waals surface area (Å²) in [6, 6.07) is 11.5. The molecule has 26 heavy (non-hydrogen) atoms. The lowest BCUT2D eigenvalue weighted by Crippen LogP contribution is -2.55. The summed E-state index contributed by atoms with van der Waals surface area (Å²) in [5.74, 6) is -4.56. The second kappa shape index (κ2) is 6.92. The Balaban J connectivity index is 1.65. The molecule has 3 rings (SSSR count). The maximum absolute atomic E-state index is 14.4. The maximum atomic E-state index is 14.4. The first-order valence-corrected chi connectivity index (χ1v) is 8.18. The SMILES string of the molecule is O=C(Nc1ccc(C(F)(F)C2CN(C(=O)O)C2)cc1)c1ccc(Cl)cc1. The van der Waals surface area contributed by atoms with Crippen molar-refractivity contribution in [3.05, 3.63) is 64.7 Å². The molecule has 0 bridgehead atoms. The fourth-order valence-electron chi connectivity index (χ4n) is 2.68. The van der Waals surface area contributed by atoms with E-state index < -0.39 is 17.9 Å². The smallest absolute Gasteiger partial charge is 0.407 e. The van der Waals surface area contributed by atoms with Crippen LogP contribution >= 0.6 is 11.6 Å². The van der Waals surface area contributed by atoms with Crippen LogP contribution in [0.15, 0.2) is 48.5 Å². The molecule has 0 radical (unpaired) electrons. The van der Waals surface area contributed by atoms with E-state index in [1.807, 2.05) is 0 Å². The predicted octanol–water partition coefficient (Wildman–Crippen LogP) is 4.29. The summed E-state index contributed by atoms with van der Waals surface area (Å²) in [4.78, 5) is 23.8. The standard InChI is InChI=1S/C18H15ClF2N2O3/c19-14-5-1-11(2-6-14)16(24)22-15-7-3-12(4-8-15)18(20,21)13-9-23(10-13)17(25)26/h1-8,13H,9-10H2,(H,22,24)(H,25,26). The van der Waals surface area contributed by atoms with Crippen molar-refractivity contribution >= 4 is 29.3 Å². The summed E-state index contributed by atoms with van der Waals surface area (Å²) in [7, 11) is 0. The minimum Gasteiger partial charge on any atom is -0.465 e. The van der Waals surface area contributed by atoms with E-state index in [-0.39, 0.29) is 24.6 Å². The normalized spacial score (nSPS) is 14.7. The van der Waals surface area contributed by atoms with Crippen LogP contribution in [0.4, 0.5) is 19.3 Å². The zero-order valence-corrected chi connectivity index (χ0v) is 14.2. The monoisotopic (exact) mass is 380 g/mol. The molecule has 1 fully saturated rings. The van der Waals surface area contributed by atoms with Crippen LogP contribution in [0.3, 0.4) is 0 Å². The van der Waals surface area contributed by atoms with Crippen LogP contribution in [0, 0.1) is 5.92 Å². The number of amides is 2. The lowest BCUT2D eigenvalue weighted by atomic mass is 9.88. The molecule has 136 valence electrons. The minimum atomic E-state index is -3.13. The number of nitrogens with one attached hydrogen (secondary N) is 1. The lowest BCUT2D eigenvalue weighted by Gasteiger charge is -2.41. The van der Waals surface area contributed by atoms with Gasteiger partial charge in [-0.15, -0.1) is 0 Å². The summed E-state index contributed by atoms with van der Waals surface area (Å²) >= 11 is 5.77. The first-order valence-electron chi connectivity index (χ1n) is 7.80. The molecule has 0 aliphatic carbocycles. The number of alkyl halides is 2. The molecule has 0 unspecified atom stereocenters. The van der Waals surface area contributed by atoms with Gasteiger partial charge in [-0.1, -0.05) is 23.7 Å². The maximum Gasteiger partial charge on any atom is 0.407 e. The van der Waals surface area contributed by atoms with Gasteiger partial charge in [0.2, 0.25) is 0 Å². The highest BCUT2D eigenvalue weighted by atomic mass is 35.5. The number of halogens is 3. The van der Waals surface area contributed by atoms with Gasteiger partial charge >= 0.3 is 6.09 Å². The molecule has 2 aromatic carbocycles. The third kappa shape index (κ3) is 3.62. The number of carbonyl (C=O) groups is 2. The Morgan fingerprint density at radius 1 is 1.08 bits per heavy atom. The van der Waals surface area contributed by atoms with Crippen molar-refractivity contribution in [3.8, 4) is 0 Å². The van der Waals surface area contributed by atoms with Crippen molar-refractivity contribution in [1.29, 1.82) is 0 Å². The molecule has 2 amide bonds. The summed E-state index contributed by atoms with van der Waals surface area (Å²) < 4.78 is 28.8. The Morgan fingerprint density at radius 2 is 1.65 bits per heavy atom. The van der Waals surface area contributed by atoms with E-state index in [1.54, 1.807) is 24.3 Å². The number of hydrogen-bond donors (Lipinski definition) is 2. The molecule has 1 heterocycles. The molecular weight excluding hydrogens is 366 g/mol. The summed E-state index contributed by atoms with van der Waals surface area (Å²) in [5, 5.41) is 11.9. The molecule has 1 aliphatic rings. The largest absolute Gasteiger partial charge is 0.465 e. The third-order valence-electron chi connectivity index (χ3n) is 4.30. The van der Waals surface area contributed by atoms with Crippen LogP contribution in [0.5, 0.6) is 0 Å². The molecule has 0 atom stereocenters. The van der Waals surface area contributed by atoms with Crippen LogP contribution < -0.4 is 5.32 Å². The Bertz CT molecular complexity index is 819. The quantitative estimate of drug-likeness (QED) is 0.831. The van der Waals surface area contributed by atoms with Gasteiger partial charge in [-0.25, -0.2) is 13.6 Å². The highest BCUT2D eigenvalue weighted by molar-refractivity contribution is 6.30. The number of rotatable bonds is 4. The predicted molar refractivity (Wildman–Crippen MR) is 92.8 cm³/mol. The first-order chi connectivity index (χ1) is 12.3. The molecule has 8 heteroatoms. The zero-order chi connectivity index (χ0) is 18.9. The van der Waals surface area contributed by atoms with Crippen LogP contribution in [-0.2, 0) is 5.92 Å². The summed E-state index contributed by atoms with van der Waals surface area (Å²) in [6.07, 6.45) is -1.20. The molecule has 2 N–H and O–H groups in total. The van der Waals surface area contributed by atoms with Crippen molar-refractivity contribution in [2.75, 3.05) is 18.4 Å². The molecule has 2 aromatic rings. The van der Waals surface area contributed by atoms with E-state index in [0.717, 1.165) is 4.90 Å². The van der Waals surface area contributed by atoms with Gasteiger partial charge in [0.05, 0.1) is 5.92 Å². The molecule has 1 aliphatic heterocycles. The van der Waals surface area contributed by atoms with Crippen LogP contribution in [0.1, 0.15) is 15.9 Å². The Kier molecular flexibility index (Phi) is 4.82. The van der Waals surface area contributed by atoms with Crippen molar-refractivity contribution < 1.29 is 23.5 Å². The second-order valence-corrected chi connectivity index (χ2v) is 6.48. The highest BCUT2D eigenvalue weighted by Gasteiger charge is 2.49. The van der Waals surface area contributed by atoms with Gasteiger partial charge in [-0.2, -0.15) is 0 Å². The zero-order valence-electron chi connectivity index (χ0n) is 13.5. The molecule has 0 saturated carbocycles.